The van der Waals surface area contributed by atoms with Gasteiger partial charge in [-0.2, -0.15) is 0 Å². The first-order chi connectivity index (χ1) is 7.65. The number of nitro groups is 1. The second-order valence-electron chi connectivity index (χ2n) is 2.75. The molecule has 0 aliphatic heterocycles. The highest BCUT2D eigenvalue weighted by Crippen LogP contribution is 2.19. The molecule has 0 saturated heterocycles. The third-order valence-corrected chi connectivity index (χ3v) is 1.68. The molecule has 1 heterocycles. The molecule has 0 radical (unpaired) electrons. The minimum absolute atomic E-state index is 0.128. The molecule has 2 N–H and O–H groups in total. The van der Waals surface area contributed by atoms with Gasteiger partial charge in [-0.3, -0.25) is 10.1 Å². The molecule has 16 heavy (non-hydrogen) atoms. The van der Waals surface area contributed by atoms with Crippen molar-refractivity contribution in [2.45, 2.75) is 0 Å². The Morgan fingerprint density at radius 1 is 1.75 bits per heavy atom. The van der Waals surface area contributed by atoms with Gasteiger partial charge in [0.2, 0.25) is 5.82 Å². The molecule has 82 valence electrons. The molecule has 1 aromatic heterocycles. The standard InChI is InChI=1S/C8H8N6O2/c9-8-7(14(15)16)4-6(5-11-8)2-1-3-12-13-10/h1-2,4-5H,3H2,(H2,9,11). The molecule has 0 aromatic carbocycles. The Morgan fingerprint density at radius 2 is 2.50 bits per heavy atom. The summed E-state index contributed by atoms with van der Waals surface area (Å²) in [6, 6.07) is 1.30. The van der Waals surface area contributed by atoms with E-state index in [4.69, 9.17) is 11.3 Å². The predicted molar refractivity (Wildman–Crippen MR) is 58.4 cm³/mol. The van der Waals surface area contributed by atoms with Crippen molar-refractivity contribution in [3.05, 3.63) is 44.5 Å². The van der Waals surface area contributed by atoms with E-state index in [2.05, 4.69) is 15.0 Å². The van der Waals surface area contributed by atoms with Crippen LogP contribution in [0.2, 0.25) is 0 Å². The number of aromatic nitrogens is 1. The normalized spacial score (nSPS) is 10.0. The number of nitrogen functional groups attached to an aromatic ring is 1. The van der Waals surface area contributed by atoms with Gasteiger partial charge >= 0.3 is 5.69 Å². The highest BCUT2D eigenvalue weighted by molar-refractivity contribution is 5.60. The Bertz CT molecular complexity index is 477. The van der Waals surface area contributed by atoms with Crippen molar-refractivity contribution in [3.8, 4) is 0 Å². The number of nitrogens with two attached hydrogens (primary N) is 1. The second kappa shape index (κ2) is 5.32. The van der Waals surface area contributed by atoms with Gasteiger partial charge in [0.25, 0.3) is 0 Å². The molecular formula is C8H8N6O2. The molecular weight excluding hydrogens is 212 g/mol. The molecule has 0 spiro atoms. The number of rotatable bonds is 4. The lowest BCUT2D eigenvalue weighted by Crippen LogP contribution is -1.98. The summed E-state index contributed by atoms with van der Waals surface area (Å²) in [5.74, 6) is -0.128. The molecule has 0 amide bonds. The van der Waals surface area contributed by atoms with Crippen molar-refractivity contribution >= 4 is 17.6 Å². The summed E-state index contributed by atoms with van der Waals surface area (Å²) in [4.78, 5) is 16.2. The van der Waals surface area contributed by atoms with Crippen LogP contribution in [-0.2, 0) is 0 Å². The van der Waals surface area contributed by atoms with E-state index in [1.807, 2.05) is 0 Å². The average Bonchev–Trinajstić information content (AvgIpc) is 2.26. The van der Waals surface area contributed by atoms with E-state index in [0.717, 1.165) is 0 Å². The van der Waals surface area contributed by atoms with Crippen LogP contribution in [0.5, 0.6) is 0 Å². The quantitative estimate of drug-likeness (QED) is 0.273. The van der Waals surface area contributed by atoms with Crippen molar-refractivity contribution < 1.29 is 4.92 Å². The van der Waals surface area contributed by atoms with Crippen molar-refractivity contribution in [2.24, 2.45) is 5.11 Å². The molecule has 0 unspecified atom stereocenters. The van der Waals surface area contributed by atoms with E-state index in [9.17, 15) is 10.1 Å². The van der Waals surface area contributed by atoms with E-state index in [0.29, 0.717) is 5.56 Å². The van der Waals surface area contributed by atoms with Crippen molar-refractivity contribution in [2.75, 3.05) is 12.3 Å². The fraction of sp³-hybridized carbons (Fsp3) is 0.125. The Morgan fingerprint density at radius 3 is 3.12 bits per heavy atom. The predicted octanol–water partition coefficient (Wildman–Crippen LogP) is 1.90. The Kier molecular flexibility index (Phi) is 3.82. The molecule has 0 aliphatic rings. The van der Waals surface area contributed by atoms with E-state index >= 15 is 0 Å². The molecule has 0 saturated carbocycles. The average molecular weight is 220 g/mol. The highest BCUT2D eigenvalue weighted by atomic mass is 16.6. The minimum Gasteiger partial charge on any atom is -0.378 e. The Labute approximate surface area is 90.2 Å². The smallest absolute Gasteiger partial charge is 0.311 e. The lowest BCUT2D eigenvalue weighted by molar-refractivity contribution is -0.384. The van der Waals surface area contributed by atoms with Crippen LogP contribution in [0.4, 0.5) is 11.5 Å². The van der Waals surface area contributed by atoms with Gasteiger partial charge < -0.3 is 5.73 Å². The summed E-state index contributed by atoms with van der Waals surface area (Å²) in [6.45, 7) is 0.175. The zero-order chi connectivity index (χ0) is 12.0. The number of anilines is 1. The molecule has 0 bridgehead atoms. The van der Waals surface area contributed by atoms with Gasteiger partial charge in [0.1, 0.15) is 0 Å². The molecule has 1 aromatic rings. The minimum atomic E-state index is -0.604. The topological polar surface area (TPSA) is 131 Å². The number of nitrogens with zero attached hydrogens (tertiary/aromatic N) is 5. The maximum absolute atomic E-state index is 10.5. The van der Waals surface area contributed by atoms with Gasteiger partial charge in [-0.05, 0) is 11.1 Å². The molecule has 8 nitrogen and oxygen atoms in total. The lowest BCUT2D eigenvalue weighted by atomic mass is 10.2. The van der Waals surface area contributed by atoms with Gasteiger partial charge in [0.15, 0.2) is 0 Å². The van der Waals surface area contributed by atoms with Crippen molar-refractivity contribution in [1.82, 2.24) is 4.98 Å². The van der Waals surface area contributed by atoms with Gasteiger partial charge in [-0.1, -0.05) is 17.3 Å². The van der Waals surface area contributed by atoms with Crippen LogP contribution in [0.3, 0.4) is 0 Å². The molecule has 0 fully saturated rings. The number of azide groups is 1. The molecule has 0 aliphatic carbocycles. The van der Waals surface area contributed by atoms with Crippen molar-refractivity contribution in [3.63, 3.8) is 0 Å². The van der Waals surface area contributed by atoms with Crippen LogP contribution in [0, 0.1) is 10.1 Å². The number of hydrogen-bond acceptors (Lipinski definition) is 5. The van der Waals surface area contributed by atoms with Crippen LogP contribution >= 0.6 is 0 Å². The van der Waals surface area contributed by atoms with Gasteiger partial charge in [-0.15, -0.1) is 0 Å². The first-order valence-corrected chi connectivity index (χ1v) is 4.22. The summed E-state index contributed by atoms with van der Waals surface area (Å²) in [6.07, 6.45) is 4.53. The van der Waals surface area contributed by atoms with Crippen LogP contribution in [-0.4, -0.2) is 16.5 Å². The summed E-state index contributed by atoms with van der Waals surface area (Å²) < 4.78 is 0. The van der Waals surface area contributed by atoms with E-state index in [1.165, 1.54) is 12.3 Å². The summed E-state index contributed by atoms with van der Waals surface area (Å²) in [5.41, 5.74) is 13.6. The van der Waals surface area contributed by atoms with Crippen LogP contribution < -0.4 is 5.73 Å². The molecule has 1 rings (SSSR count). The molecule has 8 heteroatoms. The SMILES string of the molecule is [N-]=[N+]=NCC=Cc1cnc(N)c([N+](=O)[O-])c1. The Hall–Kier alpha value is -2.60. The lowest BCUT2D eigenvalue weighted by Gasteiger charge is -1.97. The van der Waals surface area contributed by atoms with E-state index < -0.39 is 4.92 Å². The maximum atomic E-state index is 10.5. The second-order valence-corrected chi connectivity index (χ2v) is 2.75. The van der Waals surface area contributed by atoms with Crippen LogP contribution in [0.25, 0.3) is 16.5 Å². The zero-order valence-electron chi connectivity index (χ0n) is 8.15. The summed E-state index contributed by atoms with van der Waals surface area (Å²) in [7, 11) is 0. The number of hydrogen-bond donors (Lipinski definition) is 1. The summed E-state index contributed by atoms with van der Waals surface area (Å²) in [5, 5.41) is 13.8. The first-order valence-electron chi connectivity index (χ1n) is 4.22. The fourth-order valence-corrected chi connectivity index (χ4v) is 0.989. The highest BCUT2D eigenvalue weighted by Gasteiger charge is 2.11. The van der Waals surface area contributed by atoms with Gasteiger partial charge in [0, 0.05) is 23.7 Å². The van der Waals surface area contributed by atoms with E-state index in [-0.39, 0.29) is 18.1 Å². The largest absolute Gasteiger partial charge is 0.378 e. The van der Waals surface area contributed by atoms with Crippen LogP contribution in [0.15, 0.2) is 23.5 Å². The monoisotopic (exact) mass is 220 g/mol. The summed E-state index contributed by atoms with van der Waals surface area (Å²) >= 11 is 0. The van der Waals surface area contributed by atoms with Gasteiger partial charge in [0.05, 0.1) is 4.92 Å². The Balaban J connectivity index is 2.90. The fourth-order valence-electron chi connectivity index (χ4n) is 0.989. The first kappa shape index (κ1) is 11.5. The van der Waals surface area contributed by atoms with Crippen molar-refractivity contribution in [1.29, 1.82) is 0 Å². The van der Waals surface area contributed by atoms with Crippen LogP contribution in [0.1, 0.15) is 5.56 Å². The van der Waals surface area contributed by atoms with Gasteiger partial charge in [-0.25, -0.2) is 4.98 Å². The third-order valence-electron chi connectivity index (χ3n) is 1.68. The maximum Gasteiger partial charge on any atom is 0.311 e. The third kappa shape index (κ3) is 2.96. The molecule has 0 atom stereocenters. The zero-order valence-corrected chi connectivity index (χ0v) is 8.15. The van der Waals surface area contributed by atoms with E-state index in [1.54, 1.807) is 12.2 Å². The number of pyridine rings is 1.